The second kappa shape index (κ2) is 8.03. The Labute approximate surface area is 177 Å². The molecule has 5 nitrogen and oxygen atoms in total. The summed E-state index contributed by atoms with van der Waals surface area (Å²) in [5.41, 5.74) is 5.61. The highest BCUT2D eigenvalue weighted by Crippen LogP contribution is 2.36. The van der Waals surface area contributed by atoms with Gasteiger partial charge in [0.25, 0.3) is 5.82 Å². The molecule has 2 aromatic heterocycles. The molecule has 4 aromatic rings. The second-order valence-electron chi connectivity index (χ2n) is 7.87. The Bertz CT molecular complexity index is 1190. The lowest BCUT2D eigenvalue weighted by Gasteiger charge is -2.19. The first-order chi connectivity index (χ1) is 14.4. The molecule has 0 aliphatic rings. The number of fused-ring (bicyclic) bond motifs is 1. The predicted octanol–water partition coefficient (Wildman–Crippen LogP) is 4.64. The van der Waals surface area contributed by atoms with Gasteiger partial charge in [-0.05, 0) is 49.7 Å². The zero-order valence-electron chi connectivity index (χ0n) is 17.8. The molecular formula is C25H27N4O+. The summed E-state index contributed by atoms with van der Waals surface area (Å²) in [6.07, 6.45) is 1.91. The van der Waals surface area contributed by atoms with Crippen molar-refractivity contribution >= 4 is 22.4 Å². The number of benzene rings is 2. The molecule has 0 fully saturated rings. The minimum atomic E-state index is -0.244. The Kier molecular flexibility index (Phi) is 5.27. The number of hydrogen-bond acceptors (Lipinski definition) is 4. The van der Waals surface area contributed by atoms with E-state index in [-0.39, 0.29) is 11.8 Å². The van der Waals surface area contributed by atoms with Gasteiger partial charge < -0.3 is 10.0 Å². The van der Waals surface area contributed by atoms with Gasteiger partial charge in [0.15, 0.2) is 0 Å². The molecule has 30 heavy (non-hydrogen) atoms. The van der Waals surface area contributed by atoms with E-state index >= 15 is 0 Å². The number of pyridine rings is 2. The van der Waals surface area contributed by atoms with Crippen molar-refractivity contribution in [1.29, 1.82) is 0 Å². The molecular weight excluding hydrogens is 372 g/mol. The van der Waals surface area contributed by atoms with E-state index in [1.54, 1.807) is 0 Å². The highest BCUT2D eigenvalue weighted by atomic mass is 16.3. The van der Waals surface area contributed by atoms with Crippen LogP contribution in [0.2, 0.25) is 0 Å². The third-order valence-electron chi connectivity index (χ3n) is 5.32. The number of nitrogens with one attached hydrogen (secondary N) is 2. The fourth-order valence-corrected chi connectivity index (χ4v) is 3.64. The van der Waals surface area contributed by atoms with Crippen LogP contribution in [0.1, 0.15) is 28.4 Å². The van der Waals surface area contributed by atoms with Gasteiger partial charge in [0.1, 0.15) is 17.3 Å². The first kappa shape index (κ1) is 19.7. The van der Waals surface area contributed by atoms with Gasteiger partial charge in [-0.15, -0.1) is 0 Å². The maximum absolute atomic E-state index is 11.2. The molecule has 1 atom stereocenters. The van der Waals surface area contributed by atoms with Gasteiger partial charge in [-0.3, -0.25) is 5.32 Å². The first-order valence-electron chi connectivity index (χ1n) is 10.0. The van der Waals surface area contributed by atoms with E-state index in [0.717, 1.165) is 39.3 Å². The number of anilines is 2. The van der Waals surface area contributed by atoms with Crippen molar-refractivity contribution in [1.82, 2.24) is 4.98 Å². The lowest BCUT2D eigenvalue weighted by molar-refractivity contribution is -0.361. The SMILES string of the molecule is Cc1cc[nH+]c(N[C@@H](c2ccc(N(C)C)cc2)c2ccc3ccc(C)nc3c2O)c1. The molecule has 0 radical (unpaired) electrons. The van der Waals surface area contributed by atoms with Crippen LogP contribution in [0, 0.1) is 13.8 Å². The van der Waals surface area contributed by atoms with E-state index in [0.29, 0.717) is 5.52 Å². The van der Waals surface area contributed by atoms with Crippen LogP contribution in [0.5, 0.6) is 5.75 Å². The van der Waals surface area contributed by atoms with Crippen molar-refractivity contribution < 1.29 is 10.1 Å². The normalized spacial score (nSPS) is 12.0. The van der Waals surface area contributed by atoms with E-state index in [1.165, 1.54) is 0 Å². The van der Waals surface area contributed by atoms with E-state index in [1.807, 2.05) is 57.5 Å². The monoisotopic (exact) mass is 399 g/mol. The Balaban J connectivity index is 1.84. The molecule has 0 bridgehead atoms. The summed E-state index contributed by atoms with van der Waals surface area (Å²) in [6.45, 7) is 3.99. The molecule has 0 spiro atoms. The molecule has 0 saturated heterocycles. The van der Waals surface area contributed by atoms with E-state index < -0.39 is 0 Å². The summed E-state index contributed by atoms with van der Waals surface area (Å²) in [5, 5.41) is 15.6. The minimum Gasteiger partial charge on any atom is -0.505 e. The highest BCUT2D eigenvalue weighted by Gasteiger charge is 2.24. The van der Waals surface area contributed by atoms with E-state index in [9.17, 15) is 5.11 Å². The number of aryl methyl sites for hydroxylation is 2. The largest absolute Gasteiger partial charge is 0.505 e. The summed E-state index contributed by atoms with van der Waals surface area (Å²) < 4.78 is 0. The highest BCUT2D eigenvalue weighted by molar-refractivity contribution is 5.86. The van der Waals surface area contributed by atoms with Gasteiger partial charge in [0.2, 0.25) is 0 Å². The number of aromatic amines is 1. The van der Waals surface area contributed by atoms with E-state index in [4.69, 9.17) is 0 Å². The number of phenols is 1. The van der Waals surface area contributed by atoms with Gasteiger partial charge in [0, 0.05) is 48.1 Å². The van der Waals surface area contributed by atoms with Crippen LogP contribution in [-0.2, 0) is 0 Å². The number of aromatic nitrogens is 2. The molecule has 3 N–H and O–H groups in total. The van der Waals surface area contributed by atoms with Crippen LogP contribution in [0.25, 0.3) is 10.9 Å². The standard InChI is InChI=1S/C25H26N4O/c1-16-13-14-26-22(15-16)28-23(18-7-10-20(11-8-18)29(3)4)21-12-9-19-6-5-17(2)27-24(19)25(21)30/h5-15,23,30H,1-4H3,(H,26,28)/p+1/t23-/m0/s1. The molecule has 152 valence electrons. The third kappa shape index (κ3) is 3.92. The number of phenolic OH excluding ortho intramolecular Hbond substituents is 1. The minimum absolute atomic E-state index is 0.207. The van der Waals surface area contributed by atoms with Crippen LogP contribution < -0.4 is 15.2 Å². The van der Waals surface area contributed by atoms with Crippen molar-refractivity contribution in [3.8, 4) is 5.75 Å². The number of nitrogens with zero attached hydrogens (tertiary/aromatic N) is 2. The smallest absolute Gasteiger partial charge is 0.273 e. The Morgan fingerprint density at radius 2 is 1.70 bits per heavy atom. The molecule has 0 aliphatic carbocycles. The summed E-state index contributed by atoms with van der Waals surface area (Å²) in [7, 11) is 4.05. The zero-order valence-corrected chi connectivity index (χ0v) is 17.8. The van der Waals surface area contributed by atoms with Crippen LogP contribution in [-0.4, -0.2) is 24.2 Å². The number of aromatic hydroxyl groups is 1. The maximum Gasteiger partial charge on any atom is 0.273 e. The number of rotatable bonds is 5. The Morgan fingerprint density at radius 1 is 0.967 bits per heavy atom. The predicted molar refractivity (Wildman–Crippen MR) is 122 cm³/mol. The van der Waals surface area contributed by atoms with Crippen LogP contribution >= 0.6 is 0 Å². The number of hydrogen-bond donors (Lipinski definition) is 2. The average Bonchev–Trinajstić information content (AvgIpc) is 2.73. The van der Waals surface area contributed by atoms with Gasteiger partial charge in [-0.25, -0.2) is 9.97 Å². The van der Waals surface area contributed by atoms with Crippen LogP contribution in [0.3, 0.4) is 0 Å². The van der Waals surface area contributed by atoms with Crippen LogP contribution in [0.15, 0.2) is 66.9 Å². The third-order valence-corrected chi connectivity index (χ3v) is 5.32. The first-order valence-corrected chi connectivity index (χ1v) is 10.0. The topological polar surface area (TPSA) is 62.5 Å². The van der Waals surface area contributed by atoms with Gasteiger partial charge in [0.05, 0.1) is 6.20 Å². The van der Waals surface area contributed by atoms with Gasteiger partial charge in [-0.2, -0.15) is 0 Å². The summed E-state index contributed by atoms with van der Waals surface area (Å²) >= 11 is 0. The Hall–Kier alpha value is -3.60. The molecule has 4 rings (SSSR count). The Morgan fingerprint density at radius 3 is 2.40 bits per heavy atom. The van der Waals surface area contributed by atoms with E-state index in [2.05, 4.69) is 57.4 Å². The molecule has 0 saturated carbocycles. The van der Waals surface area contributed by atoms with Gasteiger partial charge in [-0.1, -0.05) is 24.3 Å². The lowest BCUT2D eigenvalue weighted by atomic mass is 9.95. The van der Waals surface area contributed by atoms with Crippen molar-refractivity contribution in [2.45, 2.75) is 19.9 Å². The molecule has 2 heterocycles. The van der Waals surface area contributed by atoms with Crippen LogP contribution in [0.4, 0.5) is 11.5 Å². The zero-order chi connectivity index (χ0) is 21.3. The average molecular weight is 400 g/mol. The molecule has 0 aliphatic heterocycles. The maximum atomic E-state index is 11.2. The molecule has 2 aromatic carbocycles. The second-order valence-corrected chi connectivity index (χ2v) is 7.87. The summed E-state index contributed by atoms with van der Waals surface area (Å²) in [6, 6.07) is 20.1. The molecule has 0 amide bonds. The molecule has 0 unspecified atom stereocenters. The summed E-state index contributed by atoms with van der Waals surface area (Å²) in [5.74, 6) is 1.09. The number of H-pyrrole nitrogens is 1. The lowest BCUT2D eigenvalue weighted by Crippen LogP contribution is -2.19. The fourth-order valence-electron chi connectivity index (χ4n) is 3.64. The fraction of sp³-hybridized carbons (Fsp3) is 0.200. The molecule has 5 heteroatoms. The summed E-state index contributed by atoms with van der Waals surface area (Å²) in [4.78, 5) is 9.91. The van der Waals surface area contributed by atoms with Crippen molar-refractivity contribution in [2.24, 2.45) is 0 Å². The van der Waals surface area contributed by atoms with Crippen molar-refractivity contribution in [2.75, 3.05) is 24.3 Å². The quantitative estimate of drug-likeness (QED) is 0.513. The van der Waals surface area contributed by atoms with Crippen molar-refractivity contribution in [3.05, 3.63) is 89.2 Å². The van der Waals surface area contributed by atoms with Gasteiger partial charge >= 0.3 is 0 Å². The van der Waals surface area contributed by atoms with Crippen molar-refractivity contribution in [3.63, 3.8) is 0 Å².